The fourth-order valence-corrected chi connectivity index (χ4v) is 2.54. The lowest BCUT2D eigenvalue weighted by Gasteiger charge is -2.11. The van der Waals surface area contributed by atoms with E-state index >= 15 is 0 Å². The van der Waals surface area contributed by atoms with Crippen LogP contribution in [0.3, 0.4) is 0 Å². The molecule has 1 saturated carbocycles. The molecular formula is C12H19N5O2S. The lowest BCUT2D eigenvalue weighted by molar-refractivity contribution is 0.587. The third kappa shape index (κ3) is 3.42. The van der Waals surface area contributed by atoms with Gasteiger partial charge in [-0.15, -0.1) is 0 Å². The van der Waals surface area contributed by atoms with Crippen LogP contribution >= 0.6 is 0 Å². The highest BCUT2D eigenvalue weighted by molar-refractivity contribution is 7.90. The van der Waals surface area contributed by atoms with Crippen LogP contribution in [0, 0.1) is 17.2 Å². The van der Waals surface area contributed by atoms with E-state index in [1.165, 1.54) is 17.5 Å². The summed E-state index contributed by atoms with van der Waals surface area (Å²) in [5, 5.41) is 16.6. The van der Waals surface area contributed by atoms with Gasteiger partial charge in [0.25, 0.3) is 0 Å². The van der Waals surface area contributed by atoms with Crippen molar-refractivity contribution in [2.24, 2.45) is 5.92 Å². The summed E-state index contributed by atoms with van der Waals surface area (Å²) in [6.45, 7) is 2.20. The summed E-state index contributed by atoms with van der Waals surface area (Å²) in [5.74, 6) is 1.21. The first-order valence-corrected chi connectivity index (χ1v) is 8.58. The summed E-state index contributed by atoms with van der Waals surface area (Å²) in [6, 6.07) is 2.26. The second-order valence-corrected chi connectivity index (χ2v) is 7.60. The van der Waals surface area contributed by atoms with Crippen LogP contribution in [-0.2, 0) is 16.4 Å². The number of nitrogens with one attached hydrogen (secondary N) is 1. The monoisotopic (exact) mass is 297 g/mol. The number of nitrogens with zero attached hydrogens (tertiary/aromatic N) is 3. The zero-order valence-corrected chi connectivity index (χ0v) is 12.4. The van der Waals surface area contributed by atoms with Crippen molar-refractivity contribution < 1.29 is 8.42 Å². The van der Waals surface area contributed by atoms with Crippen molar-refractivity contribution in [3.05, 3.63) is 5.56 Å². The molecular weight excluding hydrogens is 278 g/mol. The number of hydrogen-bond acceptors (Lipinski definition) is 6. The van der Waals surface area contributed by atoms with Crippen LogP contribution in [0.4, 0.5) is 11.6 Å². The Morgan fingerprint density at radius 1 is 1.60 bits per heavy atom. The topological polar surface area (TPSA) is 114 Å². The Labute approximate surface area is 118 Å². The van der Waals surface area contributed by atoms with Gasteiger partial charge in [0.1, 0.15) is 27.3 Å². The van der Waals surface area contributed by atoms with E-state index in [4.69, 9.17) is 11.0 Å². The van der Waals surface area contributed by atoms with Crippen LogP contribution in [0.5, 0.6) is 0 Å². The number of anilines is 2. The molecule has 20 heavy (non-hydrogen) atoms. The Bertz CT molecular complexity index is 640. The molecule has 3 N–H and O–H groups in total. The van der Waals surface area contributed by atoms with Gasteiger partial charge in [0.05, 0.1) is 12.3 Å². The number of sulfone groups is 1. The molecule has 1 unspecified atom stereocenters. The van der Waals surface area contributed by atoms with E-state index in [-0.39, 0.29) is 29.7 Å². The quantitative estimate of drug-likeness (QED) is 0.794. The van der Waals surface area contributed by atoms with Crippen molar-refractivity contribution in [1.82, 2.24) is 9.78 Å². The van der Waals surface area contributed by atoms with Crippen molar-refractivity contribution in [3.63, 3.8) is 0 Å². The van der Waals surface area contributed by atoms with Gasteiger partial charge in [0.2, 0.25) is 0 Å². The molecule has 8 heteroatoms. The van der Waals surface area contributed by atoms with Crippen molar-refractivity contribution >= 4 is 21.5 Å². The van der Waals surface area contributed by atoms with Gasteiger partial charge in [0.15, 0.2) is 5.82 Å². The third-order valence-electron chi connectivity index (χ3n) is 3.47. The lowest BCUT2D eigenvalue weighted by atomic mass is 10.2. The van der Waals surface area contributed by atoms with Crippen molar-refractivity contribution in [3.8, 4) is 6.07 Å². The molecule has 0 spiro atoms. The van der Waals surface area contributed by atoms with E-state index in [1.807, 2.05) is 13.0 Å². The van der Waals surface area contributed by atoms with Gasteiger partial charge in [-0.1, -0.05) is 0 Å². The molecule has 2 rings (SSSR count). The van der Waals surface area contributed by atoms with E-state index in [2.05, 4.69) is 10.4 Å². The molecule has 1 heterocycles. The van der Waals surface area contributed by atoms with Gasteiger partial charge in [0, 0.05) is 12.3 Å². The van der Waals surface area contributed by atoms with Gasteiger partial charge < -0.3 is 11.1 Å². The predicted molar refractivity (Wildman–Crippen MR) is 76.9 cm³/mol. The molecule has 0 saturated heterocycles. The van der Waals surface area contributed by atoms with Crippen LogP contribution in [0.15, 0.2) is 0 Å². The molecule has 0 aromatic carbocycles. The number of hydrogen-bond donors (Lipinski definition) is 2. The van der Waals surface area contributed by atoms with Gasteiger partial charge in [-0.05, 0) is 25.7 Å². The minimum Gasteiger partial charge on any atom is -0.383 e. The minimum absolute atomic E-state index is 0.0542. The van der Waals surface area contributed by atoms with E-state index < -0.39 is 9.84 Å². The van der Waals surface area contributed by atoms with Crippen LogP contribution in [0.25, 0.3) is 0 Å². The number of rotatable bonds is 6. The molecule has 0 aliphatic heterocycles. The van der Waals surface area contributed by atoms with E-state index in [1.54, 1.807) is 0 Å². The Hall–Kier alpha value is -1.75. The maximum atomic E-state index is 11.2. The Balaban J connectivity index is 2.17. The number of aromatic nitrogens is 2. The predicted octanol–water partition coefficient (Wildman–Crippen LogP) is 0.592. The number of aryl methyl sites for hydroxylation is 1. The first-order chi connectivity index (χ1) is 9.31. The SMILES string of the molecule is CC(Nc1nn(CCS(C)(=O)=O)c(N)c1C#N)C1CC1. The standard InChI is InChI=1S/C12H19N5O2S/c1-8(9-3-4-9)15-12-10(7-13)11(14)17(16-12)5-6-20(2,18)19/h8-9H,3-6,14H2,1-2H3,(H,15,16). The highest BCUT2D eigenvalue weighted by Gasteiger charge is 2.29. The Morgan fingerprint density at radius 3 is 2.75 bits per heavy atom. The zero-order chi connectivity index (χ0) is 14.9. The molecule has 0 amide bonds. The van der Waals surface area contributed by atoms with Gasteiger partial charge in [-0.2, -0.15) is 10.4 Å². The summed E-state index contributed by atoms with van der Waals surface area (Å²) in [6.07, 6.45) is 3.52. The molecule has 0 bridgehead atoms. The summed E-state index contributed by atoms with van der Waals surface area (Å²) >= 11 is 0. The Kier molecular flexibility index (Phi) is 3.90. The van der Waals surface area contributed by atoms with Crippen LogP contribution in [0.2, 0.25) is 0 Å². The summed E-state index contributed by atoms with van der Waals surface area (Å²) in [7, 11) is -3.10. The summed E-state index contributed by atoms with van der Waals surface area (Å²) in [5.41, 5.74) is 6.14. The normalized spacial score (nSPS) is 16.6. The smallest absolute Gasteiger partial charge is 0.168 e. The molecule has 1 aliphatic carbocycles. The number of nitrogens with two attached hydrogens (primary N) is 1. The first kappa shape index (κ1) is 14.7. The molecule has 0 radical (unpaired) electrons. The average Bonchev–Trinajstić information content (AvgIpc) is 3.13. The summed E-state index contributed by atoms with van der Waals surface area (Å²) in [4.78, 5) is 0. The lowest BCUT2D eigenvalue weighted by Crippen LogP contribution is -2.18. The number of nitrogen functional groups attached to an aromatic ring is 1. The maximum absolute atomic E-state index is 11.2. The van der Waals surface area contributed by atoms with Gasteiger partial charge >= 0.3 is 0 Å². The van der Waals surface area contributed by atoms with Crippen LogP contribution < -0.4 is 11.1 Å². The fourth-order valence-electron chi connectivity index (χ4n) is 2.04. The van der Waals surface area contributed by atoms with Crippen LogP contribution in [0.1, 0.15) is 25.3 Å². The zero-order valence-electron chi connectivity index (χ0n) is 11.6. The molecule has 1 aromatic rings. The average molecular weight is 297 g/mol. The molecule has 1 fully saturated rings. The first-order valence-electron chi connectivity index (χ1n) is 6.52. The van der Waals surface area contributed by atoms with Crippen molar-refractivity contribution in [2.75, 3.05) is 23.1 Å². The molecule has 1 aliphatic rings. The minimum atomic E-state index is -3.10. The summed E-state index contributed by atoms with van der Waals surface area (Å²) < 4.78 is 23.8. The maximum Gasteiger partial charge on any atom is 0.168 e. The van der Waals surface area contributed by atoms with E-state index in [0.29, 0.717) is 11.7 Å². The molecule has 1 atom stereocenters. The molecule has 1 aromatic heterocycles. The third-order valence-corrected chi connectivity index (χ3v) is 4.40. The van der Waals surface area contributed by atoms with E-state index in [9.17, 15) is 8.42 Å². The van der Waals surface area contributed by atoms with Gasteiger partial charge in [-0.3, -0.25) is 0 Å². The largest absolute Gasteiger partial charge is 0.383 e. The van der Waals surface area contributed by atoms with Gasteiger partial charge in [-0.25, -0.2) is 13.1 Å². The van der Waals surface area contributed by atoms with Crippen LogP contribution in [-0.4, -0.2) is 36.2 Å². The number of nitriles is 1. The van der Waals surface area contributed by atoms with Crippen molar-refractivity contribution in [1.29, 1.82) is 5.26 Å². The molecule has 7 nitrogen and oxygen atoms in total. The fraction of sp³-hybridized carbons (Fsp3) is 0.667. The molecule has 110 valence electrons. The second kappa shape index (κ2) is 5.32. The van der Waals surface area contributed by atoms with E-state index in [0.717, 1.165) is 6.26 Å². The van der Waals surface area contributed by atoms with Crippen molar-refractivity contribution in [2.45, 2.75) is 32.4 Å². The Morgan fingerprint density at radius 2 is 2.25 bits per heavy atom. The second-order valence-electron chi connectivity index (χ2n) is 5.34. The highest BCUT2D eigenvalue weighted by Crippen LogP contribution is 2.34. The highest BCUT2D eigenvalue weighted by atomic mass is 32.2.